The first-order chi connectivity index (χ1) is 10.8. The molecule has 2 N–H and O–H groups in total. The molecule has 124 valence electrons. The monoisotopic (exact) mass is 327 g/mol. The third-order valence-corrected chi connectivity index (χ3v) is 3.97. The first kappa shape index (κ1) is 17.1. The molecule has 1 amide bonds. The van der Waals surface area contributed by atoms with Crippen molar-refractivity contribution in [2.75, 3.05) is 20.2 Å². The number of methoxy groups -OCH3 is 1. The van der Waals surface area contributed by atoms with Crippen LogP contribution in [0.5, 0.6) is 5.75 Å². The summed E-state index contributed by atoms with van der Waals surface area (Å²) < 4.78 is 44.1. The molecular weight excluding hydrogens is 311 g/mol. The quantitative estimate of drug-likeness (QED) is 0.912. The van der Waals surface area contributed by atoms with Crippen molar-refractivity contribution in [2.24, 2.45) is 17.6 Å². The number of rotatable bonds is 4. The van der Waals surface area contributed by atoms with Gasteiger partial charge in [0, 0.05) is 19.6 Å². The second-order valence-corrected chi connectivity index (χ2v) is 5.50. The van der Waals surface area contributed by atoms with Crippen LogP contribution in [0.15, 0.2) is 18.2 Å². The minimum atomic E-state index is -4.46. The Balaban J connectivity index is 2.16. The number of halogens is 3. The molecule has 1 aromatic carbocycles. The van der Waals surface area contributed by atoms with Gasteiger partial charge in [-0.2, -0.15) is 18.4 Å². The van der Waals surface area contributed by atoms with Gasteiger partial charge in [0.05, 0.1) is 24.5 Å². The van der Waals surface area contributed by atoms with E-state index < -0.39 is 23.9 Å². The van der Waals surface area contributed by atoms with Gasteiger partial charge < -0.3 is 10.5 Å². The van der Waals surface area contributed by atoms with Gasteiger partial charge in [-0.05, 0) is 17.7 Å². The van der Waals surface area contributed by atoms with Crippen molar-refractivity contribution in [3.63, 3.8) is 0 Å². The predicted molar refractivity (Wildman–Crippen MR) is 75.2 cm³/mol. The molecule has 0 saturated carbocycles. The Morgan fingerprint density at radius 1 is 1.48 bits per heavy atom. The smallest absolute Gasteiger partial charge is 0.393 e. The number of nitrogens with two attached hydrogens (primary N) is 1. The number of amides is 1. The number of hydrogen-bond donors (Lipinski definition) is 1. The molecule has 0 aromatic heterocycles. The number of nitrogens with zero attached hydrogens (tertiary/aromatic N) is 2. The Morgan fingerprint density at radius 3 is 2.65 bits per heavy atom. The molecule has 1 aliphatic rings. The molecule has 2 atom stereocenters. The highest BCUT2D eigenvalue weighted by Gasteiger charge is 2.51. The fourth-order valence-corrected chi connectivity index (χ4v) is 2.82. The Hall–Kier alpha value is -2.27. The number of likely N-dealkylation sites (tertiary alicyclic amines) is 1. The molecule has 1 heterocycles. The highest BCUT2D eigenvalue weighted by Crippen LogP contribution is 2.38. The summed E-state index contributed by atoms with van der Waals surface area (Å²) in [7, 11) is 1.42. The highest BCUT2D eigenvalue weighted by atomic mass is 19.4. The average molecular weight is 327 g/mol. The van der Waals surface area contributed by atoms with Crippen LogP contribution in [-0.4, -0.2) is 37.2 Å². The van der Waals surface area contributed by atoms with Crippen molar-refractivity contribution in [1.82, 2.24) is 4.90 Å². The fourth-order valence-electron chi connectivity index (χ4n) is 2.82. The lowest BCUT2D eigenvalue weighted by Crippen LogP contribution is -2.37. The molecule has 1 saturated heterocycles. The van der Waals surface area contributed by atoms with E-state index in [2.05, 4.69) is 0 Å². The van der Waals surface area contributed by atoms with Crippen molar-refractivity contribution in [2.45, 2.75) is 12.7 Å². The van der Waals surface area contributed by atoms with E-state index >= 15 is 0 Å². The number of benzene rings is 1. The van der Waals surface area contributed by atoms with Crippen molar-refractivity contribution in [1.29, 1.82) is 5.26 Å². The number of carbonyl (C=O) groups is 1. The number of ether oxygens (including phenoxy) is 1. The second-order valence-electron chi connectivity index (χ2n) is 5.50. The van der Waals surface area contributed by atoms with E-state index in [0.717, 1.165) is 0 Å². The van der Waals surface area contributed by atoms with Crippen LogP contribution in [0.3, 0.4) is 0 Å². The molecule has 0 unspecified atom stereocenters. The van der Waals surface area contributed by atoms with Crippen molar-refractivity contribution >= 4 is 5.91 Å². The van der Waals surface area contributed by atoms with E-state index in [-0.39, 0.29) is 19.6 Å². The van der Waals surface area contributed by atoms with Crippen LogP contribution < -0.4 is 10.5 Å². The molecule has 1 aromatic rings. The number of primary amides is 1. The molecule has 23 heavy (non-hydrogen) atoms. The molecule has 0 radical (unpaired) electrons. The van der Waals surface area contributed by atoms with Crippen LogP contribution in [0.4, 0.5) is 13.2 Å². The first-order valence-corrected chi connectivity index (χ1v) is 6.91. The van der Waals surface area contributed by atoms with Gasteiger partial charge in [-0.15, -0.1) is 0 Å². The van der Waals surface area contributed by atoms with E-state index in [1.807, 2.05) is 6.07 Å². The standard InChI is InChI=1S/C15H16F3N3O2/c1-23-13-4-9(2-3-10(13)5-19)6-21-7-11(14(20)22)12(8-21)15(16,17)18/h2-4,11-12H,6-8H2,1H3,(H2,20,22)/t11-,12-/m1/s1. The van der Waals surface area contributed by atoms with Gasteiger partial charge in [0.1, 0.15) is 11.8 Å². The van der Waals surface area contributed by atoms with Gasteiger partial charge in [0.25, 0.3) is 0 Å². The van der Waals surface area contributed by atoms with Crippen LogP contribution in [0, 0.1) is 23.2 Å². The Bertz CT molecular complexity index is 640. The third kappa shape index (κ3) is 3.74. The lowest BCUT2D eigenvalue weighted by atomic mass is 9.95. The number of hydrogen-bond acceptors (Lipinski definition) is 4. The van der Waals surface area contributed by atoms with Gasteiger partial charge in [0.2, 0.25) is 5.91 Å². The maximum Gasteiger partial charge on any atom is 0.393 e. The van der Waals surface area contributed by atoms with E-state index in [0.29, 0.717) is 16.9 Å². The van der Waals surface area contributed by atoms with Crippen molar-refractivity contribution in [3.8, 4) is 11.8 Å². The molecule has 0 bridgehead atoms. The van der Waals surface area contributed by atoms with Gasteiger partial charge in [-0.3, -0.25) is 9.69 Å². The predicted octanol–water partition coefficient (Wildman–Crippen LogP) is 1.66. The number of carbonyl (C=O) groups excluding carboxylic acids is 1. The highest BCUT2D eigenvalue weighted by molar-refractivity contribution is 5.77. The van der Waals surface area contributed by atoms with Crippen LogP contribution >= 0.6 is 0 Å². The van der Waals surface area contributed by atoms with Crippen molar-refractivity contribution < 1.29 is 22.7 Å². The molecule has 8 heteroatoms. The summed E-state index contributed by atoms with van der Waals surface area (Å²) >= 11 is 0. The summed E-state index contributed by atoms with van der Waals surface area (Å²) in [6.45, 7) is -0.0975. The zero-order valence-corrected chi connectivity index (χ0v) is 12.4. The summed E-state index contributed by atoms with van der Waals surface area (Å²) in [5.41, 5.74) is 6.15. The average Bonchev–Trinajstić information content (AvgIpc) is 2.91. The Labute approximate surface area is 131 Å². The van der Waals surface area contributed by atoms with Crippen LogP contribution in [0.1, 0.15) is 11.1 Å². The normalized spacial score (nSPS) is 21.9. The Kier molecular flexibility index (Phi) is 4.80. The minimum Gasteiger partial charge on any atom is -0.495 e. The van der Waals surface area contributed by atoms with E-state index in [9.17, 15) is 18.0 Å². The van der Waals surface area contributed by atoms with Crippen LogP contribution in [0.2, 0.25) is 0 Å². The molecular formula is C15H16F3N3O2. The maximum absolute atomic E-state index is 13.0. The summed E-state index contributed by atoms with van der Waals surface area (Å²) in [5.74, 6) is -3.56. The van der Waals surface area contributed by atoms with Crippen molar-refractivity contribution in [3.05, 3.63) is 29.3 Å². The van der Waals surface area contributed by atoms with E-state index in [4.69, 9.17) is 15.7 Å². The molecule has 0 spiro atoms. The minimum absolute atomic E-state index is 0.0399. The Morgan fingerprint density at radius 2 is 2.17 bits per heavy atom. The summed E-state index contributed by atoms with van der Waals surface area (Å²) in [5, 5.41) is 8.93. The van der Waals surface area contributed by atoms with Gasteiger partial charge in [-0.25, -0.2) is 0 Å². The zero-order valence-electron chi connectivity index (χ0n) is 12.4. The lowest BCUT2D eigenvalue weighted by Gasteiger charge is -2.19. The van der Waals surface area contributed by atoms with Crippen LogP contribution in [0.25, 0.3) is 0 Å². The number of alkyl halides is 3. The largest absolute Gasteiger partial charge is 0.495 e. The lowest BCUT2D eigenvalue weighted by molar-refractivity contribution is -0.182. The number of nitriles is 1. The maximum atomic E-state index is 13.0. The molecule has 1 fully saturated rings. The third-order valence-electron chi connectivity index (χ3n) is 3.97. The molecule has 1 aliphatic heterocycles. The zero-order chi connectivity index (χ0) is 17.2. The fraction of sp³-hybridized carbons (Fsp3) is 0.467. The molecule has 2 rings (SSSR count). The summed E-state index contributed by atoms with van der Waals surface area (Å²) in [6.07, 6.45) is -4.46. The SMILES string of the molecule is COc1cc(CN2C[C@@H](C(F)(F)F)[C@H](C(N)=O)C2)ccc1C#N. The summed E-state index contributed by atoms with van der Waals surface area (Å²) in [6, 6.07) is 6.78. The van der Waals surface area contributed by atoms with Gasteiger partial charge >= 0.3 is 6.18 Å². The summed E-state index contributed by atoms with van der Waals surface area (Å²) in [4.78, 5) is 12.8. The molecule has 5 nitrogen and oxygen atoms in total. The van der Waals surface area contributed by atoms with Gasteiger partial charge in [-0.1, -0.05) is 6.07 Å². The second kappa shape index (κ2) is 6.46. The van der Waals surface area contributed by atoms with E-state index in [1.54, 1.807) is 18.2 Å². The first-order valence-electron chi connectivity index (χ1n) is 6.91. The van der Waals surface area contributed by atoms with E-state index in [1.165, 1.54) is 12.0 Å². The van der Waals surface area contributed by atoms with Crippen LogP contribution in [-0.2, 0) is 11.3 Å². The topological polar surface area (TPSA) is 79.3 Å². The van der Waals surface area contributed by atoms with Gasteiger partial charge in [0.15, 0.2) is 0 Å². The molecule has 0 aliphatic carbocycles.